The van der Waals surface area contributed by atoms with Crippen molar-refractivity contribution in [3.8, 4) is 0 Å². The summed E-state index contributed by atoms with van der Waals surface area (Å²) in [6.45, 7) is 11.0. The third kappa shape index (κ3) is 4.17. The van der Waals surface area contributed by atoms with Gasteiger partial charge >= 0.3 is 0 Å². The van der Waals surface area contributed by atoms with Crippen LogP contribution in [0.4, 0.5) is 0 Å². The maximum absolute atomic E-state index is 6.31. The maximum Gasteiger partial charge on any atom is 0.0654 e. The quantitative estimate of drug-likeness (QED) is 0.643. The summed E-state index contributed by atoms with van der Waals surface area (Å²) in [5.74, 6) is 1.17. The average molecular weight is 272 g/mol. The second-order valence-electron chi connectivity index (χ2n) is 6.90. The summed E-state index contributed by atoms with van der Waals surface area (Å²) in [6, 6.07) is 0. The molecule has 114 valence electrons. The molecule has 0 unspecified atom stereocenters. The predicted molar refractivity (Wildman–Crippen MR) is 78.4 cm³/mol. The van der Waals surface area contributed by atoms with Crippen molar-refractivity contribution >= 4 is 0 Å². The average Bonchev–Trinajstić information content (AvgIpc) is 2.23. The van der Waals surface area contributed by atoms with E-state index in [1.165, 1.54) is 19.3 Å². The first-order chi connectivity index (χ1) is 8.88. The molecular formula is C16H32O3. The topological polar surface area (TPSA) is 27.7 Å². The van der Waals surface area contributed by atoms with Crippen LogP contribution in [0.3, 0.4) is 0 Å². The van der Waals surface area contributed by atoms with Crippen LogP contribution in [0.15, 0.2) is 0 Å². The Morgan fingerprint density at radius 2 is 1.53 bits per heavy atom. The Morgan fingerprint density at radius 1 is 1.00 bits per heavy atom. The third-order valence-electron chi connectivity index (χ3n) is 4.91. The van der Waals surface area contributed by atoms with Crippen molar-refractivity contribution < 1.29 is 14.2 Å². The van der Waals surface area contributed by atoms with Gasteiger partial charge in [-0.2, -0.15) is 0 Å². The van der Waals surface area contributed by atoms with E-state index >= 15 is 0 Å². The van der Waals surface area contributed by atoms with Crippen LogP contribution in [0.1, 0.15) is 47.0 Å². The van der Waals surface area contributed by atoms with Crippen LogP contribution >= 0.6 is 0 Å². The van der Waals surface area contributed by atoms with Gasteiger partial charge < -0.3 is 14.2 Å². The molecule has 0 aromatic carbocycles. The molecule has 1 aliphatic carbocycles. The number of hydrogen-bond acceptors (Lipinski definition) is 3. The third-order valence-corrected chi connectivity index (χ3v) is 4.91. The van der Waals surface area contributed by atoms with E-state index in [-0.39, 0.29) is 11.0 Å². The van der Waals surface area contributed by atoms with Gasteiger partial charge in [-0.1, -0.05) is 20.3 Å². The molecule has 0 aromatic heterocycles. The Labute approximate surface area is 119 Å². The lowest BCUT2D eigenvalue weighted by atomic mass is 9.74. The summed E-state index contributed by atoms with van der Waals surface area (Å²) >= 11 is 0. The van der Waals surface area contributed by atoms with Gasteiger partial charge in [0.1, 0.15) is 0 Å². The molecule has 0 aromatic rings. The normalized spacial score (nSPS) is 17.8. The molecule has 0 aliphatic heterocycles. The van der Waals surface area contributed by atoms with E-state index in [0.29, 0.717) is 31.7 Å². The van der Waals surface area contributed by atoms with E-state index in [0.717, 1.165) is 0 Å². The molecule has 1 saturated carbocycles. The molecule has 1 aliphatic rings. The highest BCUT2D eigenvalue weighted by molar-refractivity contribution is 4.88. The Kier molecular flexibility index (Phi) is 6.28. The van der Waals surface area contributed by atoms with E-state index in [1.54, 1.807) is 14.2 Å². The second-order valence-corrected chi connectivity index (χ2v) is 6.90. The van der Waals surface area contributed by atoms with Gasteiger partial charge in [0.05, 0.1) is 25.4 Å². The van der Waals surface area contributed by atoms with E-state index < -0.39 is 0 Å². The lowest BCUT2D eigenvalue weighted by molar-refractivity contribution is -0.148. The Bertz CT molecular complexity index is 251. The van der Waals surface area contributed by atoms with Crippen LogP contribution in [-0.2, 0) is 14.2 Å². The van der Waals surface area contributed by atoms with Gasteiger partial charge in [0, 0.05) is 19.6 Å². The number of ether oxygens (including phenoxy) is 3. The fourth-order valence-electron chi connectivity index (χ4n) is 2.75. The van der Waals surface area contributed by atoms with Crippen LogP contribution in [0.2, 0.25) is 0 Å². The first kappa shape index (κ1) is 16.9. The van der Waals surface area contributed by atoms with Crippen LogP contribution in [0.5, 0.6) is 0 Å². The van der Waals surface area contributed by atoms with Gasteiger partial charge in [-0.05, 0) is 38.5 Å². The summed E-state index contributed by atoms with van der Waals surface area (Å²) in [4.78, 5) is 0. The molecule has 0 amide bonds. The van der Waals surface area contributed by atoms with Crippen LogP contribution in [0.25, 0.3) is 0 Å². The van der Waals surface area contributed by atoms with Crippen molar-refractivity contribution in [2.24, 2.45) is 17.3 Å². The second kappa shape index (κ2) is 7.05. The highest BCUT2D eigenvalue weighted by Gasteiger charge is 2.40. The van der Waals surface area contributed by atoms with Crippen molar-refractivity contribution in [2.45, 2.75) is 52.6 Å². The highest BCUT2D eigenvalue weighted by Crippen LogP contribution is 2.40. The minimum Gasteiger partial charge on any atom is -0.384 e. The van der Waals surface area contributed by atoms with E-state index in [4.69, 9.17) is 14.2 Å². The van der Waals surface area contributed by atoms with Gasteiger partial charge in [0.15, 0.2) is 0 Å². The molecular weight excluding hydrogens is 240 g/mol. The van der Waals surface area contributed by atoms with Crippen molar-refractivity contribution in [1.29, 1.82) is 0 Å². The molecule has 3 nitrogen and oxygen atoms in total. The molecule has 0 spiro atoms. The summed E-state index contributed by atoms with van der Waals surface area (Å²) in [5, 5.41) is 0. The molecule has 0 atom stereocenters. The van der Waals surface area contributed by atoms with Crippen LogP contribution in [-0.4, -0.2) is 39.6 Å². The molecule has 0 saturated heterocycles. The van der Waals surface area contributed by atoms with Gasteiger partial charge in [0.2, 0.25) is 0 Å². The zero-order chi connectivity index (χ0) is 14.5. The first-order valence-corrected chi connectivity index (χ1v) is 7.50. The van der Waals surface area contributed by atoms with E-state index in [9.17, 15) is 0 Å². The van der Waals surface area contributed by atoms with Gasteiger partial charge in [-0.3, -0.25) is 0 Å². The predicted octanol–water partition coefficient (Wildman–Crippen LogP) is 3.52. The standard InChI is InChI=1S/C16H32O3/c1-13(2)16(10-17-5,11-18-6)12-19-15(3,4)14-8-7-9-14/h13-14H,7-12H2,1-6H3. The fourth-order valence-corrected chi connectivity index (χ4v) is 2.75. The number of hydrogen-bond donors (Lipinski definition) is 0. The zero-order valence-corrected chi connectivity index (χ0v) is 13.6. The SMILES string of the molecule is COCC(COC)(COC(C)(C)C1CCC1)C(C)C. The summed E-state index contributed by atoms with van der Waals surface area (Å²) in [6.07, 6.45) is 3.95. The molecule has 0 radical (unpaired) electrons. The minimum absolute atomic E-state index is 0.0279. The Hall–Kier alpha value is -0.120. The maximum atomic E-state index is 6.31. The monoisotopic (exact) mass is 272 g/mol. The van der Waals surface area contributed by atoms with E-state index in [1.807, 2.05) is 0 Å². The number of methoxy groups -OCH3 is 2. The molecule has 3 heteroatoms. The fraction of sp³-hybridized carbons (Fsp3) is 1.00. The lowest BCUT2D eigenvalue weighted by Crippen LogP contribution is -2.47. The van der Waals surface area contributed by atoms with Crippen molar-refractivity contribution in [3.05, 3.63) is 0 Å². The summed E-state index contributed by atoms with van der Waals surface area (Å²) < 4.78 is 17.2. The summed E-state index contributed by atoms with van der Waals surface area (Å²) in [7, 11) is 3.51. The van der Waals surface area contributed by atoms with Crippen molar-refractivity contribution in [3.63, 3.8) is 0 Å². The molecule has 19 heavy (non-hydrogen) atoms. The number of rotatable bonds is 9. The summed E-state index contributed by atoms with van der Waals surface area (Å²) in [5.41, 5.74) is -0.0790. The highest BCUT2D eigenvalue weighted by atomic mass is 16.5. The van der Waals surface area contributed by atoms with Crippen molar-refractivity contribution in [1.82, 2.24) is 0 Å². The largest absolute Gasteiger partial charge is 0.384 e. The molecule has 1 rings (SSSR count). The minimum atomic E-state index is -0.0511. The molecule has 0 N–H and O–H groups in total. The lowest BCUT2D eigenvalue weighted by Gasteiger charge is -2.44. The van der Waals surface area contributed by atoms with Gasteiger partial charge in [0.25, 0.3) is 0 Å². The van der Waals surface area contributed by atoms with Crippen molar-refractivity contribution in [2.75, 3.05) is 34.0 Å². The van der Waals surface area contributed by atoms with Gasteiger partial charge in [-0.15, -0.1) is 0 Å². The Balaban J connectivity index is 2.65. The zero-order valence-electron chi connectivity index (χ0n) is 13.6. The molecule has 1 fully saturated rings. The Morgan fingerprint density at radius 3 is 1.84 bits per heavy atom. The van der Waals surface area contributed by atoms with E-state index in [2.05, 4.69) is 27.7 Å². The molecule has 0 heterocycles. The first-order valence-electron chi connectivity index (χ1n) is 7.50. The molecule has 0 bridgehead atoms. The van der Waals surface area contributed by atoms with Gasteiger partial charge in [-0.25, -0.2) is 0 Å². The van der Waals surface area contributed by atoms with Crippen LogP contribution < -0.4 is 0 Å². The van der Waals surface area contributed by atoms with Crippen LogP contribution in [0, 0.1) is 17.3 Å². The smallest absolute Gasteiger partial charge is 0.0654 e.